The fraction of sp³-hybridized carbons (Fsp3) is 1.00. The van der Waals surface area contributed by atoms with E-state index < -0.39 is 24.2 Å². The first-order valence-electron chi connectivity index (χ1n) is 5.78. The van der Waals surface area contributed by atoms with Gasteiger partial charge < -0.3 is 28.4 Å². The summed E-state index contributed by atoms with van der Waals surface area (Å²) >= 11 is 0. The van der Waals surface area contributed by atoms with Crippen LogP contribution in [0.5, 0.6) is 0 Å². The summed E-state index contributed by atoms with van der Waals surface area (Å²) in [6, 6.07) is 0. The van der Waals surface area contributed by atoms with Crippen molar-refractivity contribution < 1.29 is 28.4 Å². The molecule has 98 valence electrons. The third kappa shape index (κ3) is 1.89. The maximum atomic E-state index is 5.88. The zero-order valence-electron chi connectivity index (χ0n) is 10.5. The Morgan fingerprint density at radius 3 is 2.41 bits per heavy atom. The van der Waals surface area contributed by atoms with Crippen LogP contribution in [0, 0.1) is 0 Å². The lowest BCUT2D eigenvalue weighted by molar-refractivity contribution is -0.364. The van der Waals surface area contributed by atoms with E-state index in [0.29, 0.717) is 6.61 Å². The molecule has 5 atom stereocenters. The first kappa shape index (κ1) is 11.8. The molecule has 3 heterocycles. The molecule has 0 saturated carbocycles. The second-order valence-corrected chi connectivity index (χ2v) is 5.20. The predicted octanol–water partition coefficient (Wildman–Crippen LogP) is 0.598. The monoisotopic (exact) mass is 246 g/mol. The molecule has 0 amide bonds. The lowest BCUT2D eigenvalue weighted by Crippen LogP contribution is -2.53. The highest BCUT2D eigenvalue weighted by molar-refractivity contribution is 4.93. The first-order valence-corrected chi connectivity index (χ1v) is 5.78. The van der Waals surface area contributed by atoms with Gasteiger partial charge >= 0.3 is 0 Å². The summed E-state index contributed by atoms with van der Waals surface area (Å²) in [6.07, 6.45) is -1.46. The molecule has 0 aromatic carbocycles. The molecule has 0 N–H and O–H groups in total. The first-order chi connectivity index (χ1) is 7.92. The van der Waals surface area contributed by atoms with Crippen LogP contribution in [0.4, 0.5) is 0 Å². The molecule has 0 aromatic heterocycles. The van der Waals surface area contributed by atoms with Gasteiger partial charge in [0.1, 0.15) is 18.8 Å². The van der Waals surface area contributed by atoms with E-state index in [2.05, 4.69) is 0 Å². The van der Waals surface area contributed by atoms with Gasteiger partial charge in [-0.25, -0.2) is 0 Å². The molecule has 3 aliphatic rings. The lowest BCUT2D eigenvalue weighted by Gasteiger charge is -2.39. The molecular formula is C11H18O6. The summed E-state index contributed by atoms with van der Waals surface area (Å²) in [5.74, 6) is -1.40. The molecule has 17 heavy (non-hydrogen) atoms. The largest absolute Gasteiger partial charge is 0.351 e. The molecule has 0 aromatic rings. The Bertz CT molecular complexity index is 319. The fourth-order valence-corrected chi connectivity index (χ4v) is 2.37. The highest BCUT2D eigenvalue weighted by atomic mass is 16.9. The molecular weight excluding hydrogens is 228 g/mol. The maximum Gasteiger partial charge on any atom is 0.193 e. The Morgan fingerprint density at radius 1 is 1.00 bits per heavy atom. The van der Waals surface area contributed by atoms with Crippen molar-refractivity contribution in [1.82, 2.24) is 0 Å². The number of methoxy groups -OCH3 is 1. The maximum absolute atomic E-state index is 5.88. The van der Waals surface area contributed by atoms with Gasteiger partial charge in [0.15, 0.2) is 24.2 Å². The topological polar surface area (TPSA) is 55.4 Å². The summed E-state index contributed by atoms with van der Waals surface area (Å²) in [4.78, 5) is 0. The van der Waals surface area contributed by atoms with Crippen molar-refractivity contribution in [3.8, 4) is 0 Å². The Balaban J connectivity index is 1.77. The third-order valence-electron chi connectivity index (χ3n) is 3.28. The molecule has 3 aliphatic heterocycles. The number of fused-ring (bicyclic) bond motifs is 3. The van der Waals surface area contributed by atoms with E-state index >= 15 is 0 Å². The lowest BCUT2D eigenvalue weighted by atomic mass is 10.2. The van der Waals surface area contributed by atoms with Gasteiger partial charge in [-0.15, -0.1) is 0 Å². The van der Waals surface area contributed by atoms with Crippen LogP contribution >= 0.6 is 0 Å². The Labute approximate surface area is 100 Å². The van der Waals surface area contributed by atoms with E-state index in [1.165, 1.54) is 0 Å². The molecule has 3 rings (SSSR count). The highest BCUT2D eigenvalue weighted by Gasteiger charge is 2.59. The van der Waals surface area contributed by atoms with Crippen molar-refractivity contribution in [2.75, 3.05) is 13.7 Å². The van der Waals surface area contributed by atoms with Gasteiger partial charge in [0.2, 0.25) is 0 Å². The molecule has 3 fully saturated rings. The van der Waals surface area contributed by atoms with Crippen LogP contribution in [0.3, 0.4) is 0 Å². The van der Waals surface area contributed by atoms with Crippen LogP contribution in [-0.2, 0) is 28.4 Å². The number of hydrogen-bond acceptors (Lipinski definition) is 6. The van der Waals surface area contributed by atoms with Gasteiger partial charge in [0.05, 0.1) is 0 Å². The van der Waals surface area contributed by atoms with Gasteiger partial charge in [0.25, 0.3) is 0 Å². The van der Waals surface area contributed by atoms with Gasteiger partial charge in [0, 0.05) is 7.11 Å². The quantitative estimate of drug-likeness (QED) is 0.675. The van der Waals surface area contributed by atoms with E-state index in [0.717, 1.165) is 0 Å². The summed E-state index contributed by atoms with van der Waals surface area (Å²) in [5.41, 5.74) is 0. The average molecular weight is 246 g/mol. The second-order valence-electron chi connectivity index (χ2n) is 5.20. The van der Waals surface area contributed by atoms with E-state index in [-0.39, 0.29) is 12.2 Å². The fourth-order valence-electron chi connectivity index (χ4n) is 2.37. The van der Waals surface area contributed by atoms with E-state index in [1.807, 2.05) is 20.8 Å². The van der Waals surface area contributed by atoms with Crippen LogP contribution in [-0.4, -0.2) is 50.1 Å². The number of ether oxygens (including phenoxy) is 6. The van der Waals surface area contributed by atoms with Crippen LogP contribution < -0.4 is 0 Å². The van der Waals surface area contributed by atoms with Crippen LogP contribution in [0.1, 0.15) is 20.8 Å². The van der Waals surface area contributed by atoms with Gasteiger partial charge in [-0.1, -0.05) is 0 Å². The standard InChI is InChI=1S/C11H18O6/c1-10(2)15-7-6-8(14-9(7)17-10)13-5-11(3,12-4)16-6/h6-9H,5H2,1-4H3/t6-,7-,8+,9-,11?/m1/s1. The molecule has 6 nitrogen and oxygen atoms in total. The van der Waals surface area contributed by atoms with E-state index in [4.69, 9.17) is 28.4 Å². The summed E-state index contributed by atoms with van der Waals surface area (Å²) < 4.78 is 33.8. The molecule has 0 radical (unpaired) electrons. The molecule has 0 bridgehead atoms. The second kappa shape index (κ2) is 3.63. The zero-order chi connectivity index (χ0) is 12.3. The predicted molar refractivity (Wildman–Crippen MR) is 54.9 cm³/mol. The Morgan fingerprint density at radius 2 is 1.71 bits per heavy atom. The molecule has 3 saturated heterocycles. The minimum atomic E-state index is -0.754. The van der Waals surface area contributed by atoms with Crippen LogP contribution in [0.15, 0.2) is 0 Å². The number of hydrogen-bond donors (Lipinski definition) is 0. The SMILES string of the molecule is COC1(C)CO[C@H]2O[C@@H]3OC(C)(C)O[C@@H]3[C@H]2O1. The summed E-state index contributed by atoms with van der Waals surface area (Å²) in [7, 11) is 1.59. The van der Waals surface area contributed by atoms with Crippen molar-refractivity contribution >= 4 is 0 Å². The van der Waals surface area contributed by atoms with Crippen molar-refractivity contribution in [2.45, 2.75) is 57.1 Å². The smallest absolute Gasteiger partial charge is 0.193 e. The van der Waals surface area contributed by atoms with Crippen LogP contribution in [0.2, 0.25) is 0 Å². The van der Waals surface area contributed by atoms with E-state index in [1.54, 1.807) is 7.11 Å². The third-order valence-corrected chi connectivity index (χ3v) is 3.28. The molecule has 0 spiro atoms. The molecule has 0 aliphatic carbocycles. The van der Waals surface area contributed by atoms with Gasteiger partial charge in [-0.05, 0) is 20.8 Å². The molecule has 1 unspecified atom stereocenters. The van der Waals surface area contributed by atoms with Crippen molar-refractivity contribution in [3.63, 3.8) is 0 Å². The normalized spacial score (nSPS) is 52.2. The Hall–Kier alpha value is -0.240. The van der Waals surface area contributed by atoms with E-state index in [9.17, 15) is 0 Å². The zero-order valence-corrected chi connectivity index (χ0v) is 10.5. The summed E-state index contributed by atoms with van der Waals surface area (Å²) in [5, 5.41) is 0. The minimum absolute atomic E-state index is 0.273. The van der Waals surface area contributed by atoms with Crippen molar-refractivity contribution in [1.29, 1.82) is 0 Å². The number of rotatable bonds is 1. The summed E-state index contributed by atoms with van der Waals surface area (Å²) in [6.45, 7) is 5.86. The average Bonchev–Trinajstić information content (AvgIpc) is 2.71. The van der Waals surface area contributed by atoms with Crippen LogP contribution in [0.25, 0.3) is 0 Å². The minimum Gasteiger partial charge on any atom is -0.351 e. The van der Waals surface area contributed by atoms with Crippen molar-refractivity contribution in [2.24, 2.45) is 0 Å². The van der Waals surface area contributed by atoms with Crippen molar-refractivity contribution in [3.05, 3.63) is 0 Å². The Kier molecular flexibility index (Phi) is 2.52. The van der Waals surface area contributed by atoms with Gasteiger partial charge in [-0.3, -0.25) is 0 Å². The van der Waals surface area contributed by atoms with Gasteiger partial charge in [-0.2, -0.15) is 0 Å². The molecule has 6 heteroatoms. The highest BCUT2D eigenvalue weighted by Crippen LogP contribution is 2.42.